The van der Waals surface area contributed by atoms with Gasteiger partial charge >= 0.3 is 5.97 Å². The average Bonchev–Trinajstić information content (AvgIpc) is 3.11. The Labute approximate surface area is 158 Å². The molecule has 1 aliphatic rings. The maximum atomic E-state index is 12.4. The van der Waals surface area contributed by atoms with Crippen molar-refractivity contribution < 1.29 is 24.3 Å². The van der Waals surface area contributed by atoms with Crippen LogP contribution in [0.4, 0.5) is 0 Å². The normalized spacial score (nSPS) is 20.2. The molecule has 148 valence electrons. The zero-order chi connectivity index (χ0) is 19.9. The van der Waals surface area contributed by atoms with Gasteiger partial charge in [-0.25, -0.2) is 4.79 Å². The van der Waals surface area contributed by atoms with Gasteiger partial charge in [-0.3, -0.25) is 14.4 Å². The van der Waals surface area contributed by atoms with Crippen molar-refractivity contribution in [1.82, 2.24) is 15.5 Å². The summed E-state index contributed by atoms with van der Waals surface area (Å²) in [5, 5.41) is 13.9. The first-order valence-electron chi connectivity index (χ1n) is 8.69. The zero-order valence-electron chi connectivity index (χ0n) is 15.1. The Kier molecular flexibility index (Phi) is 8.86. The lowest BCUT2D eigenvalue weighted by atomic mass is 9.99. The van der Waals surface area contributed by atoms with Crippen LogP contribution in [0.25, 0.3) is 0 Å². The van der Waals surface area contributed by atoms with Crippen LogP contribution in [0.5, 0.6) is 0 Å². The van der Waals surface area contributed by atoms with Crippen LogP contribution in [0.1, 0.15) is 33.1 Å². The van der Waals surface area contributed by atoms with Gasteiger partial charge in [0.1, 0.15) is 12.1 Å². The van der Waals surface area contributed by atoms with Crippen LogP contribution in [0, 0.1) is 5.92 Å². The lowest BCUT2D eigenvalue weighted by Gasteiger charge is -2.26. The van der Waals surface area contributed by atoms with E-state index in [9.17, 15) is 19.2 Å². The van der Waals surface area contributed by atoms with Crippen molar-refractivity contribution in [1.29, 1.82) is 0 Å². The largest absolute Gasteiger partial charge is 0.480 e. The number of nitrogens with two attached hydrogens (primary N) is 1. The standard InChI is InChI=1S/C16H28N4O5S/c1-3-9(2)13(17)15(23)18-7-12(21)20-6-4-5-11(20)14(22)19-10(8-26)16(24)25/h9-11,13,26H,3-8,17H2,1-2H3,(H,18,23)(H,19,22)(H,24,25). The first kappa shape index (κ1) is 22.2. The Morgan fingerprint density at radius 2 is 2.00 bits per heavy atom. The molecule has 0 radical (unpaired) electrons. The quantitative estimate of drug-likeness (QED) is 0.320. The predicted octanol–water partition coefficient (Wildman–Crippen LogP) is -1.03. The third-order valence-electron chi connectivity index (χ3n) is 4.65. The molecule has 0 aliphatic carbocycles. The first-order valence-corrected chi connectivity index (χ1v) is 9.32. The van der Waals surface area contributed by atoms with Crippen LogP contribution in [-0.4, -0.2) is 70.7 Å². The van der Waals surface area contributed by atoms with Gasteiger partial charge in [0.2, 0.25) is 17.7 Å². The van der Waals surface area contributed by atoms with Gasteiger partial charge in [-0.1, -0.05) is 20.3 Å². The van der Waals surface area contributed by atoms with Crippen LogP contribution in [-0.2, 0) is 19.2 Å². The molecule has 10 heteroatoms. The van der Waals surface area contributed by atoms with Gasteiger partial charge in [-0.15, -0.1) is 0 Å². The average molecular weight is 388 g/mol. The number of carbonyl (C=O) groups excluding carboxylic acids is 3. The number of nitrogens with one attached hydrogen (secondary N) is 2. The monoisotopic (exact) mass is 388 g/mol. The molecule has 0 spiro atoms. The Hall–Kier alpha value is -1.81. The van der Waals surface area contributed by atoms with Crippen molar-refractivity contribution in [3.8, 4) is 0 Å². The summed E-state index contributed by atoms with van der Waals surface area (Å²) in [6.07, 6.45) is 1.81. The van der Waals surface area contributed by atoms with E-state index in [0.29, 0.717) is 19.4 Å². The second-order valence-corrected chi connectivity index (χ2v) is 6.82. The fourth-order valence-corrected chi connectivity index (χ4v) is 2.93. The number of carboxylic acids is 1. The minimum absolute atomic E-state index is 0.00963. The number of likely N-dealkylation sites (tertiary alicyclic amines) is 1. The summed E-state index contributed by atoms with van der Waals surface area (Å²) >= 11 is 3.90. The van der Waals surface area contributed by atoms with Crippen molar-refractivity contribution in [3.05, 3.63) is 0 Å². The van der Waals surface area contributed by atoms with E-state index in [4.69, 9.17) is 10.8 Å². The number of hydrogen-bond acceptors (Lipinski definition) is 6. The fraction of sp³-hybridized carbons (Fsp3) is 0.750. The van der Waals surface area contributed by atoms with Crippen LogP contribution < -0.4 is 16.4 Å². The lowest BCUT2D eigenvalue weighted by Crippen LogP contribution is -2.53. The Balaban J connectivity index is 2.61. The molecule has 0 aromatic rings. The van der Waals surface area contributed by atoms with E-state index in [1.54, 1.807) is 0 Å². The molecular weight excluding hydrogens is 360 g/mol. The van der Waals surface area contributed by atoms with Gasteiger partial charge < -0.3 is 26.4 Å². The number of hydrogen-bond donors (Lipinski definition) is 5. The Morgan fingerprint density at radius 1 is 1.35 bits per heavy atom. The van der Waals surface area contributed by atoms with E-state index in [0.717, 1.165) is 6.42 Å². The second kappa shape index (κ2) is 10.4. The van der Waals surface area contributed by atoms with Gasteiger partial charge in [0, 0.05) is 12.3 Å². The summed E-state index contributed by atoms with van der Waals surface area (Å²) in [5.74, 6) is -2.58. The molecule has 0 aromatic heterocycles. The second-order valence-electron chi connectivity index (χ2n) is 6.46. The number of nitrogens with zero attached hydrogens (tertiary/aromatic N) is 1. The summed E-state index contributed by atoms with van der Waals surface area (Å²) in [6.45, 7) is 3.91. The minimum Gasteiger partial charge on any atom is -0.480 e. The smallest absolute Gasteiger partial charge is 0.327 e. The van der Waals surface area contributed by atoms with Crippen LogP contribution in [0.3, 0.4) is 0 Å². The molecule has 26 heavy (non-hydrogen) atoms. The third-order valence-corrected chi connectivity index (χ3v) is 5.01. The molecule has 1 saturated heterocycles. The first-order chi connectivity index (χ1) is 12.2. The number of amides is 3. The van der Waals surface area contributed by atoms with Crippen molar-refractivity contribution in [2.45, 2.75) is 51.2 Å². The highest BCUT2D eigenvalue weighted by Crippen LogP contribution is 2.17. The van der Waals surface area contributed by atoms with E-state index < -0.39 is 41.8 Å². The minimum atomic E-state index is -1.18. The van der Waals surface area contributed by atoms with Crippen molar-refractivity contribution in [3.63, 3.8) is 0 Å². The van der Waals surface area contributed by atoms with Gasteiger partial charge in [-0.2, -0.15) is 12.6 Å². The summed E-state index contributed by atoms with van der Waals surface area (Å²) < 4.78 is 0. The van der Waals surface area contributed by atoms with E-state index in [1.807, 2.05) is 13.8 Å². The van der Waals surface area contributed by atoms with E-state index in [1.165, 1.54) is 4.90 Å². The van der Waals surface area contributed by atoms with Crippen LogP contribution in [0.2, 0.25) is 0 Å². The SMILES string of the molecule is CCC(C)C(N)C(=O)NCC(=O)N1CCCC1C(=O)NC(CS)C(=O)O. The van der Waals surface area contributed by atoms with Crippen molar-refractivity contribution >= 4 is 36.3 Å². The number of rotatable bonds is 9. The number of carboxylic acid groups (broad SMARTS) is 1. The van der Waals surface area contributed by atoms with Gasteiger partial charge in [0.25, 0.3) is 0 Å². The molecule has 3 amide bonds. The van der Waals surface area contributed by atoms with E-state index in [2.05, 4.69) is 23.3 Å². The van der Waals surface area contributed by atoms with Crippen molar-refractivity contribution in [2.24, 2.45) is 11.7 Å². The molecule has 9 nitrogen and oxygen atoms in total. The predicted molar refractivity (Wildman–Crippen MR) is 98.6 cm³/mol. The molecule has 1 fully saturated rings. The molecule has 0 bridgehead atoms. The maximum absolute atomic E-state index is 12.4. The lowest BCUT2D eigenvalue weighted by molar-refractivity contribution is -0.143. The molecule has 1 heterocycles. The van der Waals surface area contributed by atoms with Gasteiger partial charge in [0.15, 0.2) is 0 Å². The zero-order valence-corrected chi connectivity index (χ0v) is 16.0. The highest BCUT2D eigenvalue weighted by Gasteiger charge is 2.35. The molecule has 4 unspecified atom stereocenters. The van der Waals surface area contributed by atoms with Crippen LogP contribution in [0.15, 0.2) is 0 Å². The summed E-state index contributed by atoms with van der Waals surface area (Å²) in [6, 6.07) is -2.56. The Morgan fingerprint density at radius 3 is 2.54 bits per heavy atom. The van der Waals surface area contributed by atoms with Gasteiger partial charge in [0.05, 0.1) is 12.6 Å². The van der Waals surface area contributed by atoms with E-state index in [-0.39, 0.29) is 18.2 Å². The summed E-state index contributed by atoms with van der Waals surface area (Å²) in [4.78, 5) is 49.0. The third kappa shape index (κ3) is 5.87. The Bertz CT molecular complexity index is 545. The van der Waals surface area contributed by atoms with Crippen molar-refractivity contribution in [2.75, 3.05) is 18.8 Å². The number of aliphatic carboxylic acids is 1. The highest BCUT2D eigenvalue weighted by molar-refractivity contribution is 7.80. The molecule has 1 rings (SSSR count). The summed E-state index contributed by atoms with van der Waals surface area (Å²) in [5.41, 5.74) is 5.82. The molecule has 4 atom stereocenters. The summed E-state index contributed by atoms with van der Waals surface area (Å²) in [7, 11) is 0. The molecule has 0 saturated carbocycles. The van der Waals surface area contributed by atoms with E-state index >= 15 is 0 Å². The van der Waals surface area contributed by atoms with Crippen LogP contribution >= 0.6 is 12.6 Å². The molecule has 0 aromatic carbocycles. The maximum Gasteiger partial charge on any atom is 0.327 e. The topological polar surface area (TPSA) is 142 Å². The molecule has 5 N–H and O–H groups in total. The highest BCUT2D eigenvalue weighted by atomic mass is 32.1. The molecule has 1 aliphatic heterocycles. The fourth-order valence-electron chi connectivity index (χ4n) is 2.69. The number of thiol groups is 1. The molecular formula is C16H28N4O5S. The van der Waals surface area contributed by atoms with Gasteiger partial charge in [-0.05, 0) is 18.8 Å². The number of carbonyl (C=O) groups is 4.